The molecule has 3 aromatic carbocycles. The zero-order valence-electron chi connectivity index (χ0n) is 15.1. The summed E-state index contributed by atoms with van der Waals surface area (Å²) in [7, 11) is 0. The number of hydrogen-bond donors (Lipinski definition) is 0. The summed E-state index contributed by atoms with van der Waals surface area (Å²) < 4.78 is 0. The SMILES string of the molecule is CC(C)c1cccc(C(C)c2ccc3c(c2)Cc2ccccc2S3)c1. The van der Waals surface area contributed by atoms with Gasteiger partial charge >= 0.3 is 0 Å². The van der Waals surface area contributed by atoms with Crippen molar-refractivity contribution in [3.63, 3.8) is 0 Å². The van der Waals surface area contributed by atoms with Crippen molar-refractivity contribution >= 4 is 11.8 Å². The Balaban J connectivity index is 1.65. The predicted molar refractivity (Wildman–Crippen MR) is 108 cm³/mol. The number of fused-ring (bicyclic) bond motifs is 2. The molecular weight excluding hydrogens is 320 g/mol. The van der Waals surface area contributed by atoms with E-state index in [1.54, 1.807) is 0 Å². The van der Waals surface area contributed by atoms with Gasteiger partial charge in [-0.05, 0) is 52.3 Å². The summed E-state index contributed by atoms with van der Waals surface area (Å²) in [6.07, 6.45) is 1.05. The van der Waals surface area contributed by atoms with Gasteiger partial charge < -0.3 is 0 Å². The minimum absolute atomic E-state index is 0.422. The van der Waals surface area contributed by atoms with Gasteiger partial charge in [-0.25, -0.2) is 0 Å². The second-order valence-corrected chi connectivity index (χ2v) is 8.38. The summed E-state index contributed by atoms with van der Waals surface area (Å²) in [5.41, 5.74) is 7.17. The molecule has 0 spiro atoms. The Morgan fingerprint density at radius 1 is 0.680 bits per heavy atom. The molecule has 0 N–H and O–H groups in total. The molecule has 0 amide bonds. The van der Waals surface area contributed by atoms with Gasteiger partial charge in [0.1, 0.15) is 0 Å². The molecule has 0 aliphatic carbocycles. The molecule has 0 saturated heterocycles. The van der Waals surface area contributed by atoms with Gasteiger partial charge in [0.15, 0.2) is 0 Å². The van der Waals surface area contributed by atoms with Crippen molar-refractivity contribution in [2.24, 2.45) is 0 Å². The summed E-state index contributed by atoms with van der Waals surface area (Å²) in [4.78, 5) is 2.81. The van der Waals surface area contributed by atoms with Gasteiger partial charge in [-0.15, -0.1) is 0 Å². The quantitative estimate of drug-likeness (QED) is 0.385. The standard InChI is InChI=1S/C24H24S/c1-16(2)18-8-6-9-19(13-18)17(3)20-11-12-24-22(14-20)15-21-7-4-5-10-23(21)25-24/h4-14,16-17H,15H2,1-3H3. The minimum Gasteiger partial charge on any atom is -0.0895 e. The Morgan fingerprint density at radius 2 is 1.40 bits per heavy atom. The van der Waals surface area contributed by atoms with Crippen molar-refractivity contribution in [2.45, 2.75) is 48.8 Å². The minimum atomic E-state index is 0.422. The van der Waals surface area contributed by atoms with Crippen LogP contribution in [0.2, 0.25) is 0 Å². The van der Waals surface area contributed by atoms with Crippen LogP contribution in [-0.2, 0) is 6.42 Å². The van der Waals surface area contributed by atoms with Crippen molar-refractivity contribution in [1.82, 2.24) is 0 Å². The summed E-state index contributed by atoms with van der Waals surface area (Å²) in [6.45, 7) is 6.85. The highest BCUT2D eigenvalue weighted by Crippen LogP contribution is 2.40. The molecule has 0 bridgehead atoms. The molecule has 4 rings (SSSR count). The van der Waals surface area contributed by atoms with E-state index in [4.69, 9.17) is 0 Å². The third kappa shape index (κ3) is 3.26. The van der Waals surface area contributed by atoms with Crippen LogP contribution in [0.4, 0.5) is 0 Å². The van der Waals surface area contributed by atoms with Gasteiger partial charge in [0, 0.05) is 15.7 Å². The maximum Gasteiger partial charge on any atom is 0.0158 e. The van der Waals surface area contributed by atoms with Crippen LogP contribution in [0.15, 0.2) is 76.5 Å². The molecule has 126 valence electrons. The van der Waals surface area contributed by atoms with Crippen molar-refractivity contribution in [3.05, 3.63) is 94.5 Å². The Kier molecular flexibility index (Phi) is 4.43. The van der Waals surface area contributed by atoms with Crippen molar-refractivity contribution < 1.29 is 0 Å². The summed E-state index contributed by atoms with van der Waals surface area (Å²) in [5.74, 6) is 0.995. The van der Waals surface area contributed by atoms with Gasteiger partial charge in [-0.3, -0.25) is 0 Å². The molecule has 0 fully saturated rings. The van der Waals surface area contributed by atoms with E-state index in [0.717, 1.165) is 6.42 Å². The van der Waals surface area contributed by atoms with Crippen LogP contribution < -0.4 is 0 Å². The molecular formula is C24H24S. The molecule has 1 aliphatic heterocycles. The van der Waals surface area contributed by atoms with E-state index in [-0.39, 0.29) is 0 Å². The molecule has 1 atom stereocenters. The van der Waals surface area contributed by atoms with E-state index in [0.29, 0.717) is 11.8 Å². The molecule has 0 saturated carbocycles. The van der Waals surface area contributed by atoms with Crippen LogP contribution in [0.25, 0.3) is 0 Å². The number of benzene rings is 3. The van der Waals surface area contributed by atoms with Gasteiger partial charge in [0.25, 0.3) is 0 Å². The Hall–Kier alpha value is -1.99. The highest BCUT2D eigenvalue weighted by Gasteiger charge is 2.18. The lowest BCUT2D eigenvalue weighted by molar-refractivity contribution is 0.849. The van der Waals surface area contributed by atoms with E-state index in [2.05, 4.69) is 87.5 Å². The third-order valence-corrected chi connectivity index (χ3v) is 6.47. The first kappa shape index (κ1) is 16.5. The van der Waals surface area contributed by atoms with Crippen molar-refractivity contribution in [1.29, 1.82) is 0 Å². The van der Waals surface area contributed by atoms with E-state index >= 15 is 0 Å². The summed E-state index contributed by atoms with van der Waals surface area (Å²) >= 11 is 1.91. The second kappa shape index (κ2) is 6.72. The number of rotatable bonds is 3. The Bertz CT molecular complexity index is 907. The van der Waals surface area contributed by atoms with Gasteiger partial charge in [-0.2, -0.15) is 0 Å². The van der Waals surface area contributed by atoms with Crippen LogP contribution in [0.3, 0.4) is 0 Å². The third-order valence-electron chi connectivity index (χ3n) is 5.24. The fraction of sp³-hybridized carbons (Fsp3) is 0.250. The highest BCUT2D eigenvalue weighted by molar-refractivity contribution is 7.99. The van der Waals surface area contributed by atoms with Crippen molar-refractivity contribution in [2.75, 3.05) is 0 Å². The molecule has 3 aromatic rings. The summed E-state index contributed by atoms with van der Waals surface area (Å²) in [5, 5.41) is 0. The van der Waals surface area contributed by atoms with Crippen molar-refractivity contribution in [3.8, 4) is 0 Å². The van der Waals surface area contributed by atoms with Gasteiger partial charge in [0.2, 0.25) is 0 Å². The maximum atomic E-state index is 2.42. The van der Waals surface area contributed by atoms with Crippen LogP contribution in [-0.4, -0.2) is 0 Å². The predicted octanol–water partition coefficient (Wildman–Crippen LogP) is 7.02. The van der Waals surface area contributed by atoms with E-state index < -0.39 is 0 Å². The molecule has 1 aliphatic rings. The maximum absolute atomic E-state index is 2.42. The molecule has 1 heteroatoms. The van der Waals surface area contributed by atoms with E-state index in [9.17, 15) is 0 Å². The normalized spacial score (nSPS) is 14.1. The van der Waals surface area contributed by atoms with Crippen LogP contribution >= 0.6 is 11.8 Å². The van der Waals surface area contributed by atoms with E-state index in [1.807, 2.05) is 11.8 Å². The number of hydrogen-bond acceptors (Lipinski definition) is 1. The monoisotopic (exact) mass is 344 g/mol. The van der Waals surface area contributed by atoms with Gasteiger partial charge in [0.05, 0.1) is 0 Å². The topological polar surface area (TPSA) is 0 Å². The lowest BCUT2D eigenvalue weighted by Gasteiger charge is -2.21. The highest BCUT2D eigenvalue weighted by atomic mass is 32.2. The smallest absolute Gasteiger partial charge is 0.0158 e. The zero-order chi connectivity index (χ0) is 17.4. The fourth-order valence-corrected chi connectivity index (χ4v) is 4.61. The first-order valence-corrected chi connectivity index (χ1v) is 9.92. The molecule has 1 heterocycles. The average Bonchev–Trinajstić information content (AvgIpc) is 2.65. The zero-order valence-corrected chi connectivity index (χ0v) is 15.9. The first-order chi connectivity index (χ1) is 12.1. The molecule has 25 heavy (non-hydrogen) atoms. The molecule has 1 unspecified atom stereocenters. The van der Waals surface area contributed by atoms with Crippen LogP contribution in [0.5, 0.6) is 0 Å². The average molecular weight is 345 g/mol. The molecule has 0 aromatic heterocycles. The van der Waals surface area contributed by atoms with Crippen LogP contribution in [0, 0.1) is 0 Å². The Morgan fingerprint density at radius 3 is 2.24 bits per heavy atom. The van der Waals surface area contributed by atoms with Gasteiger partial charge in [-0.1, -0.05) is 87.1 Å². The first-order valence-electron chi connectivity index (χ1n) is 9.10. The lowest BCUT2D eigenvalue weighted by atomic mass is 9.89. The summed E-state index contributed by atoms with van der Waals surface area (Å²) in [6, 6.07) is 24.9. The van der Waals surface area contributed by atoms with Crippen LogP contribution in [0.1, 0.15) is 60.4 Å². The largest absolute Gasteiger partial charge is 0.0895 e. The second-order valence-electron chi connectivity index (χ2n) is 7.30. The fourth-order valence-electron chi connectivity index (χ4n) is 3.56. The molecule has 0 radical (unpaired) electrons. The van der Waals surface area contributed by atoms with E-state index in [1.165, 1.54) is 37.6 Å². The Labute approximate surface area is 155 Å². The lowest BCUT2D eigenvalue weighted by Crippen LogP contribution is -2.03. The molecule has 0 nitrogen and oxygen atoms in total.